The molecule has 0 aliphatic heterocycles. The Labute approximate surface area is 112 Å². The molecule has 2 rings (SSSR count). The van der Waals surface area contributed by atoms with Gasteiger partial charge in [-0.15, -0.1) is 0 Å². The third kappa shape index (κ3) is 3.33. The summed E-state index contributed by atoms with van der Waals surface area (Å²) in [6, 6.07) is 7.75. The van der Waals surface area contributed by atoms with Crippen LogP contribution in [-0.4, -0.2) is 12.3 Å². The fourth-order valence-electron chi connectivity index (χ4n) is 1.86. The van der Waals surface area contributed by atoms with Gasteiger partial charge in [0.25, 0.3) is 0 Å². The van der Waals surface area contributed by atoms with Crippen molar-refractivity contribution in [2.24, 2.45) is 5.73 Å². The van der Waals surface area contributed by atoms with Crippen LogP contribution < -0.4 is 10.5 Å². The molecule has 2 aromatic rings. The van der Waals surface area contributed by atoms with Crippen molar-refractivity contribution < 1.29 is 14.0 Å². The minimum atomic E-state index is 0.352. The number of rotatable bonds is 6. The van der Waals surface area contributed by atoms with Gasteiger partial charge in [-0.05, 0) is 12.5 Å². The van der Waals surface area contributed by atoms with Crippen molar-refractivity contribution in [3.63, 3.8) is 0 Å². The Morgan fingerprint density at radius 3 is 2.89 bits per heavy atom. The third-order valence-electron chi connectivity index (χ3n) is 2.77. The highest BCUT2D eigenvalue weighted by molar-refractivity contribution is 5.40. The lowest BCUT2D eigenvalue weighted by Gasteiger charge is -2.11. The number of aryl methyl sites for hydroxylation is 1. The average Bonchev–Trinajstić information content (AvgIpc) is 2.85. The molecule has 19 heavy (non-hydrogen) atoms. The molecule has 102 valence electrons. The van der Waals surface area contributed by atoms with Gasteiger partial charge in [0.15, 0.2) is 5.76 Å². The van der Waals surface area contributed by atoms with Gasteiger partial charge in [-0.1, -0.05) is 23.4 Å². The van der Waals surface area contributed by atoms with Crippen LogP contribution in [0.2, 0.25) is 0 Å². The Kier molecular flexibility index (Phi) is 4.54. The van der Waals surface area contributed by atoms with Crippen LogP contribution in [0.3, 0.4) is 0 Å². The highest BCUT2D eigenvalue weighted by atomic mass is 16.5. The highest BCUT2D eigenvalue weighted by Gasteiger charge is 2.08. The van der Waals surface area contributed by atoms with Crippen molar-refractivity contribution in [3.05, 3.63) is 46.8 Å². The first-order valence-corrected chi connectivity index (χ1v) is 6.09. The summed E-state index contributed by atoms with van der Waals surface area (Å²) in [5.41, 5.74) is 8.48. The molecule has 0 saturated carbocycles. The number of aromatic nitrogens is 1. The number of para-hydroxylation sites is 1. The zero-order valence-corrected chi connectivity index (χ0v) is 11.2. The molecule has 0 radical (unpaired) electrons. The van der Waals surface area contributed by atoms with Gasteiger partial charge in [-0.2, -0.15) is 0 Å². The van der Waals surface area contributed by atoms with Crippen LogP contribution in [0.4, 0.5) is 0 Å². The second-order valence-corrected chi connectivity index (χ2v) is 4.27. The molecule has 5 heteroatoms. The largest absolute Gasteiger partial charge is 0.487 e. The molecule has 1 heterocycles. The molecule has 0 aliphatic carbocycles. The number of nitrogens with zero attached hydrogens (tertiary/aromatic N) is 1. The molecule has 0 aliphatic rings. The van der Waals surface area contributed by atoms with Crippen molar-refractivity contribution in [2.75, 3.05) is 7.11 Å². The Balaban J connectivity index is 2.05. The molecule has 0 spiro atoms. The van der Waals surface area contributed by atoms with Gasteiger partial charge in [0.2, 0.25) is 0 Å². The summed E-state index contributed by atoms with van der Waals surface area (Å²) in [6.07, 6.45) is 0. The van der Waals surface area contributed by atoms with E-state index in [0.717, 1.165) is 22.6 Å². The average molecular weight is 262 g/mol. The molecule has 0 unspecified atom stereocenters. The van der Waals surface area contributed by atoms with E-state index in [4.69, 9.17) is 19.7 Å². The highest BCUT2D eigenvalue weighted by Crippen LogP contribution is 2.24. The number of ether oxygens (including phenoxy) is 2. The Morgan fingerprint density at radius 2 is 2.16 bits per heavy atom. The van der Waals surface area contributed by atoms with Crippen molar-refractivity contribution in [3.8, 4) is 5.75 Å². The Bertz CT molecular complexity index is 537. The smallest absolute Gasteiger partial charge is 0.162 e. The summed E-state index contributed by atoms with van der Waals surface area (Å²) in [4.78, 5) is 0. The van der Waals surface area contributed by atoms with Crippen molar-refractivity contribution in [2.45, 2.75) is 26.7 Å². The molecular formula is C14H18N2O3. The van der Waals surface area contributed by atoms with Crippen molar-refractivity contribution in [1.29, 1.82) is 0 Å². The van der Waals surface area contributed by atoms with Crippen LogP contribution in [0.1, 0.15) is 22.6 Å². The summed E-state index contributed by atoms with van der Waals surface area (Å²) in [7, 11) is 1.61. The van der Waals surface area contributed by atoms with Crippen LogP contribution in [0.15, 0.2) is 28.8 Å². The molecular weight excluding hydrogens is 244 g/mol. The van der Waals surface area contributed by atoms with Crippen molar-refractivity contribution in [1.82, 2.24) is 5.16 Å². The first-order chi connectivity index (χ1) is 9.24. The van der Waals surface area contributed by atoms with Crippen molar-refractivity contribution >= 4 is 0 Å². The zero-order chi connectivity index (χ0) is 13.7. The lowest BCUT2D eigenvalue weighted by Crippen LogP contribution is -2.04. The van der Waals surface area contributed by atoms with Crippen LogP contribution in [0, 0.1) is 6.92 Å². The molecule has 0 amide bonds. The molecule has 0 bridgehead atoms. The molecule has 0 fully saturated rings. The predicted octanol–water partition coefficient (Wildman–Crippen LogP) is 2.17. The van der Waals surface area contributed by atoms with E-state index >= 15 is 0 Å². The van der Waals surface area contributed by atoms with E-state index in [-0.39, 0.29) is 0 Å². The van der Waals surface area contributed by atoms with Gasteiger partial charge in [-0.25, -0.2) is 0 Å². The second-order valence-electron chi connectivity index (χ2n) is 4.27. The second kappa shape index (κ2) is 6.36. The maximum Gasteiger partial charge on any atom is 0.162 e. The van der Waals surface area contributed by atoms with E-state index in [1.807, 2.05) is 31.2 Å². The van der Waals surface area contributed by atoms with Gasteiger partial charge in [0.05, 0.1) is 0 Å². The zero-order valence-electron chi connectivity index (χ0n) is 11.2. The van der Waals surface area contributed by atoms with E-state index < -0.39 is 0 Å². The maximum absolute atomic E-state index is 5.79. The molecule has 5 nitrogen and oxygen atoms in total. The van der Waals surface area contributed by atoms with Crippen LogP contribution in [0.25, 0.3) is 0 Å². The maximum atomic E-state index is 5.79. The standard InChI is InChI=1S/C14H18N2O3/c1-10-4-3-5-11(7-15)14(10)18-8-12-6-13(9-17-2)19-16-12/h3-6H,7-9,15H2,1-2H3. The minimum absolute atomic E-state index is 0.352. The van der Waals surface area contributed by atoms with Gasteiger partial charge < -0.3 is 19.7 Å². The molecule has 1 aromatic heterocycles. The summed E-state index contributed by atoms with van der Waals surface area (Å²) in [5.74, 6) is 1.51. The quantitative estimate of drug-likeness (QED) is 0.863. The van der Waals surface area contributed by atoms with E-state index in [9.17, 15) is 0 Å². The fraction of sp³-hybridized carbons (Fsp3) is 0.357. The fourth-order valence-corrected chi connectivity index (χ4v) is 1.86. The number of hydrogen-bond donors (Lipinski definition) is 1. The molecule has 2 N–H and O–H groups in total. The van der Waals surface area contributed by atoms with E-state index in [1.165, 1.54) is 0 Å². The summed E-state index contributed by atoms with van der Waals surface area (Å²) >= 11 is 0. The van der Waals surface area contributed by atoms with E-state index in [1.54, 1.807) is 7.11 Å². The number of methoxy groups -OCH3 is 1. The van der Waals surface area contributed by atoms with Gasteiger partial charge in [0, 0.05) is 25.3 Å². The number of benzene rings is 1. The minimum Gasteiger partial charge on any atom is -0.487 e. The molecule has 1 aromatic carbocycles. The Hall–Kier alpha value is -1.85. The summed E-state index contributed by atoms with van der Waals surface area (Å²) < 4.78 is 15.9. The summed E-state index contributed by atoms with van der Waals surface area (Å²) in [6.45, 7) is 3.20. The topological polar surface area (TPSA) is 70.5 Å². The van der Waals surface area contributed by atoms with Gasteiger partial charge in [-0.3, -0.25) is 0 Å². The van der Waals surface area contributed by atoms with E-state index in [2.05, 4.69) is 5.16 Å². The van der Waals surface area contributed by atoms with E-state index in [0.29, 0.717) is 25.5 Å². The summed E-state index contributed by atoms with van der Waals surface area (Å²) in [5, 5.41) is 3.92. The lowest BCUT2D eigenvalue weighted by molar-refractivity contribution is 0.155. The normalized spacial score (nSPS) is 10.7. The monoisotopic (exact) mass is 262 g/mol. The first-order valence-electron chi connectivity index (χ1n) is 6.09. The van der Waals surface area contributed by atoms with Gasteiger partial charge in [0.1, 0.15) is 24.7 Å². The number of nitrogens with two attached hydrogens (primary N) is 1. The number of hydrogen-bond acceptors (Lipinski definition) is 5. The molecule has 0 saturated heterocycles. The third-order valence-corrected chi connectivity index (χ3v) is 2.77. The molecule has 0 atom stereocenters. The van der Waals surface area contributed by atoms with Crippen LogP contribution in [0.5, 0.6) is 5.75 Å². The first kappa shape index (κ1) is 13.6. The van der Waals surface area contributed by atoms with Crippen LogP contribution >= 0.6 is 0 Å². The van der Waals surface area contributed by atoms with Crippen LogP contribution in [-0.2, 0) is 24.5 Å². The Morgan fingerprint density at radius 1 is 1.32 bits per heavy atom. The van der Waals surface area contributed by atoms with Gasteiger partial charge >= 0.3 is 0 Å². The predicted molar refractivity (Wildman–Crippen MR) is 70.6 cm³/mol. The lowest BCUT2D eigenvalue weighted by atomic mass is 10.1. The SMILES string of the molecule is COCc1cc(COc2c(C)cccc2CN)no1.